The molecule has 0 spiro atoms. The second kappa shape index (κ2) is 7.44. The van der Waals surface area contributed by atoms with Gasteiger partial charge in [0.1, 0.15) is 0 Å². The average molecular weight is 304 g/mol. The van der Waals surface area contributed by atoms with Crippen molar-refractivity contribution >= 4 is 29.2 Å². The predicted molar refractivity (Wildman–Crippen MR) is 83.5 cm³/mol. The highest BCUT2D eigenvalue weighted by Gasteiger charge is 2.23. The van der Waals surface area contributed by atoms with Gasteiger partial charge in [-0.1, -0.05) is 0 Å². The minimum Gasteiger partial charge on any atom is -0.356 e. The predicted octanol–water partition coefficient (Wildman–Crippen LogP) is 1.44. The number of carbonyl (C=O) groups is 3. The fraction of sp³-hybridized carbons (Fsp3) is 0.400. The minimum atomic E-state index is -0.213. The van der Waals surface area contributed by atoms with Crippen LogP contribution in [0.1, 0.15) is 26.2 Å². The third kappa shape index (κ3) is 5.82. The van der Waals surface area contributed by atoms with Gasteiger partial charge in [0, 0.05) is 37.3 Å². The number of carbonyl (C=O) groups excluding carboxylic acids is 3. The van der Waals surface area contributed by atoms with Crippen LogP contribution in [-0.2, 0) is 9.59 Å². The molecule has 1 aliphatic carbocycles. The molecule has 118 valence electrons. The van der Waals surface area contributed by atoms with Crippen LogP contribution in [0.25, 0.3) is 0 Å². The molecule has 2 rings (SSSR count). The number of amides is 4. The summed E-state index contributed by atoms with van der Waals surface area (Å²) in [6.45, 7) is 1.71. The van der Waals surface area contributed by atoms with Crippen molar-refractivity contribution in [2.75, 3.05) is 17.2 Å². The Morgan fingerprint density at radius 1 is 1.05 bits per heavy atom. The molecular weight excluding hydrogens is 284 g/mol. The Morgan fingerprint density at radius 3 is 2.18 bits per heavy atom. The smallest absolute Gasteiger partial charge is 0.319 e. The number of nitrogens with one attached hydrogen (secondary N) is 4. The molecule has 1 aliphatic rings. The van der Waals surface area contributed by atoms with E-state index in [4.69, 9.17) is 0 Å². The molecule has 1 fully saturated rings. The number of rotatable bonds is 6. The normalized spacial score (nSPS) is 13.1. The number of hydrogen-bond donors (Lipinski definition) is 4. The van der Waals surface area contributed by atoms with Crippen LogP contribution in [0, 0.1) is 0 Å². The van der Waals surface area contributed by atoms with Crippen molar-refractivity contribution in [3.63, 3.8) is 0 Å². The molecule has 0 bridgehead atoms. The van der Waals surface area contributed by atoms with Crippen LogP contribution < -0.4 is 21.3 Å². The second-order valence-corrected chi connectivity index (χ2v) is 5.23. The van der Waals surface area contributed by atoms with E-state index in [0.717, 1.165) is 12.8 Å². The fourth-order valence-electron chi connectivity index (χ4n) is 1.79. The molecule has 0 heterocycles. The maximum atomic E-state index is 11.6. The summed E-state index contributed by atoms with van der Waals surface area (Å²) in [5, 5.41) is 10.8. The SMILES string of the molecule is CC(=O)NCCC(=O)Nc1ccc(NC(=O)NC2CC2)cc1. The van der Waals surface area contributed by atoms with Gasteiger partial charge in [-0.2, -0.15) is 0 Å². The topological polar surface area (TPSA) is 99.3 Å². The van der Waals surface area contributed by atoms with Gasteiger partial charge in [0.05, 0.1) is 0 Å². The van der Waals surface area contributed by atoms with Crippen molar-refractivity contribution in [3.05, 3.63) is 24.3 Å². The van der Waals surface area contributed by atoms with E-state index in [1.807, 2.05) is 0 Å². The monoisotopic (exact) mass is 304 g/mol. The standard InChI is InChI=1S/C15H20N4O3/c1-10(20)16-9-8-14(21)17-11-2-4-12(5-3-11)18-15(22)19-13-6-7-13/h2-5,13H,6-9H2,1H3,(H,16,20)(H,17,21)(H2,18,19,22). The van der Waals surface area contributed by atoms with Crippen molar-refractivity contribution < 1.29 is 14.4 Å². The van der Waals surface area contributed by atoms with Crippen LogP contribution in [0.3, 0.4) is 0 Å². The molecule has 0 aliphatic heterocycles. The Bertz CT molecular complexity index is 552. The van der Waals surface area contributed by atoms with Crippen molar-refractivity contribution in [2.24, 2.45) is 0 Å². The van der Waals surface area contributed by atoms with Crippen molar-refractivity contribution in [1.29, 1.82) is 0 Å². The van der Waals surface area contributed by atoms with Gasteiger partial charge >= 0.3 is 6.03 Å². The van der Waals surface area contributed by atoms with Crippen molar-refractivity contribution in [3.8, 4) is 0 Å². The summed E-state index contributed by atoms with van der Waals surface area (Å²) >= 11 is 0. The van der Waals surface area contributed by atoms with Gasteiger partial charge in [-0.05, 0) is 37.1 Å². The van der Waals surface area contributed by atoms with Gasteiger partial charge in [-0.15, -0.1) is 0 Å². The highest BCUT2D eigenvalue weighted by Crippen LogP contribution is 2.19. The molecule has 0 saturated heterocycles. The summed E-state index contributed by atoms with van der Waals surface area (Å²) in [5.41, 5.74) is 1.30. The highest BCUT2D eigenvalue weighted by atomic mass is 16.2. The first kappa shape index (κ1) is 15.8. The first-order valence-electron chi connectivity index (χ1n) is 7.25. The van der Waals surface area contributed by atoms with Gasteiger partial charge in [-0.25, -0.2) is 4.79 Å². The van der Waals surface area contributed by atoms with Gasteiger partial charge in [-0.3, -0.25) is 9.59 Å². The summed E-state index contributed by atoms with van der Waals surface area (Å²) < 4.78 is 0. The van der Waals surface area contributed by atoms with Crippen LogP contribution >= 0.6 is 0 Å². The Balaban J connectivity index is 1.74. The molecule has 0 atom stereocenters. The zero-order chi connectivity index (χ0) is 15.9. The van der Waals surface area contributed by atoms with E-state index in [-0.39, 0.29) is 24.3 Å². The third-order valence-corrected chi connectivity index (χ3v) is 3.07. The summed E-state index contributed by atoms with van der Waals surface area (Å²) in [4.78, 5) is 33.9. The van der Waals surface area contributed by atoms with Crippen molar-refractivity contribution in [1.82, 2.24) is 10.6 Å². The first-order valence-corrected chi connectivity index (χ1v) is 7.25. The van der Waals surface area contributed by atoms with Crippen molar-refractivity contribution in [2.45, 2.75) is 32.2 Å². The van der Waals surface area contributed by atoms with Gasteiger partial charge in [0.15, 0.2) is 0 Å². The largest absolute Gasteiger partial charge is 0.356 e. The van der Waals surface area contributed by atoms with Crippen LogP contribution in [0.4, 0.5) is 16.2 Å². The Kier molecular flexibility index (Phi) is 5.35. The number of hydrogen-bond acceptors (Lipinski definition) is 3. The van der Waals surface area contributed by atoms with Gasteiger partial charge in [0.2, 0.25) is 11.8 Å². The lowest BCUT2D eigenvalue weighted by Crippen LogP contribution is -2.30. The van der Waals surface area contributed by atoms with E-state index in [1.54, 1.807) is 24.3 Å². The molecule has 0 aromatic heterocycles. The quantitative estimate of drug-likeness (QED) is 0.640. The molecular formula is C15H20N4O3. The summed E-state index contributed by atoms with van der Waals surface area (Å²) in [6.07, 6.45) is 2.29. The molecule has 1 aromatic rings. The second-order valence-electron chi connectivity index (χ2n) is 5.23. The number of anilines is 2. The van der Waals surface area contributed by atoms with Crippen LogP contribution in [0.5, 0.6) is 0 Å². The Hall–Kier alpha value is -2.57. The van der Waals surface area contributed by atoms with E-state index in [1.165, 1.54) is 6.92 Å². The molecule has 7 nitrogen and oxygen atoms in total. The van der Waals surface area contributed by atoms with Crippen LogP contribution in [-0.4, -0.2) is 30.4 Å². The average Bonchev–Trinajstić information content (AvgIpc) is 3.24. The van der Waals surface area contributed by atoms with Crippen LogP contribution in [0.2, 0.25) is 0 Å². The zero-order valence-corrected chi connectivity index (χ0v) is 12.4. The summed E-state index contributed by atoms with van der Waals surface area (Å²) in [6, 6.07) is 6.95. The van der Waals surface area contributed by atoms with E-state index in [2.05, 4.69) is 21.3 Å². The molecule has 0 radical (unpaired) electrons. The molecule has 1 saturated carbocycles. The highest BCUT2D eigenvalue weighted by molar-refractivity contribution is 5.92. The van der Waals surface area contributed by atoms with E-state index < -0.39 is 0 Å². The lowest BCUT2D eigenvalue weighted by Gasteiger charge is -2.09. The van der Waals surface area contributed by atoms with E-state index >= 15 is 0 Å². The van der Waals surface area contributed by atoms with Gasteiger partial charge < -0.3 is 21.3 Å². The lowest BCUT2D eigenvalue weighted by atomic mass is 10.2. The van der Waals surface area contributed by atoms with Crippen LogP contribution in [0.15, 0.2) is 24.3 Å². The maximum absolute atomic E-state index is 11.6. The summed E-state index contributed by atoms with van der Waals surface area (Å²) in [5.74, 6) is -0.339. The number of benzene rings is 1. The molecule has 1 aromatic carbocycles. The lowest BCUT2D eigenvalue weighted by molar-refractivity contribution is -0.119. The zero-order valence-electron chi connectivity index (χ0n) is 12.4. The molecule has 4 amide bonds. The summed E-state index contributed by atoms with van der Waals surface area (Å²) in [7, 11) is 0. The number of urea groups is 1. The fourth-order valence-corrected chi connectivity index (χ4v) is 1.79. The first-order chi connectivity index (χ1) is 10.5. The van der Waals surface area contributed by atoms with E-state index in [9.17, 15) is 14.4 Å². The third-order valence-electron chi connectivity index (χ3n) is 3.07. The molecule has 7 heteroatoms. The maximum Gasteiger partial charge on any atom is 0.319 e. The molecule has 22 heavy (non-hydrogen) atoms. The van der Waals surface area contributed by atoms with E-state index in [0.29, 0.717) is 24.0 Å². The Morgan fingerprint density at radius 2 is 1.64 bits per heavy atom. The van der Waals surface area contributed by atoms with Gasteiger partial charge in [0.25, 0.3) is 0 Å². The molecule has 0 unspecified atom stereocenters. The molecule has 4 N–H and O–H groups in total. The Labute approximate surface area is 128 Å². The minimum absolute atomic E-state index is 0.160.